The third kappa shape index (κ3) is 6.58. The molecule has 1 aliphatic carbocycles. The number of aliphatic hydroxyl groups excluding tert-OH is 1. The van der Waals surface area contributed by atoms with Crippen LogP contribution in [0.25, 0.3) is 0 Å². The van der Waals surface area contributed by atoms with Crippen LogP contribution in [0.2, 0.25) is 0 Å². The minimum atomic E-state index is 0.167. The molecule has 0 aromatic heterocycles. The summed E-state index contributed by atoms with van der Waals surface area (Å²) in [5.41, 5.74) is 0.167. The van der Waals surface area contributed by atoms with Crippen molar-refractivity contribution in [1.82, 2.24) is 0 Å². The van der Waals surface area contributed by atoms with E-state index in [9.17, 15) is 5.11 Å². The molecular weight excluding hydrogens is 248 g/mol. The second-order valence-electron chi connectivity index (χ2n) is 7.29. The van der Waals surface area contributed by atoms with E-state index in [1.165, 1.54) is 44.9 Å². The first-order valence-corrected chi connectivity index (χ1v) is 8.80. The smallest absolute Gasteiger partial charge is 0.0488 e. The van der Waals surface area contributed by atoms with Gasteiger partial charge < -0.3 is 9.84 Å². The molecule has 0 aliphatic heterocycles. The van der Waals surface area contributed by atoms with Gasteiger partial charge in [0.05, 0.1) is 0 Å². The Morgan fingerprint density at radius 1 is 1.20 bits per heavy atom. The Balaban J connectivity index is 2.21. The standard InChI is InChI=1S/C18H36O2/c1-4-5-6-17-7-10-18(15-19,11-8-17)12-14-20-13-9-16(2)3/h16-17,19H,4-15H2,1-3H3. The number of rotatable bonds is 10. The molecule has 2 heteroatoms. The summed E-state index contributed by atoms with van der Waals surface area (Å²) in [6.07, 6.45) is 11.3. The molecule has 1 N–H and O–H groups in total. The van der Waals surface area contributed by atoms with Gasteiger partial charge in [0.2, 0.25) is 0 Å². The van der Waals surface area contributed by atoms with Crippen LogP contribution in [0.1, 0.15) is 78.6 Å². The Labute approximate surface area is 126 Å². The maximum atomic E-state index is 9.79. The van der Waals surface area contributed by atoms with Crippen LogP contribution in [0, 0.1) is 17.3 Å². The van der Waals surface area contributed by atoms with Crippen LogP contribution in [0.3, 0.4) is 0 Å². The van der Waals surface area contributed by atoms with Gasteiger partial charge in [0.1, 0.15) is 0 Å². The van der Waals surface area contributed by atoms with Gasteiger partial charge in [-0.15, -0.1) is 0 Å². The van der Waals surface area contributed by atoms with Crippen molar-refractivity contribution in [2.45, 2.75) is 78.6 Å². The van der Waals surface area contributed by atoms with Crippen molar-refractivity contribution < 1.29 is 9.84 Å². The number of ether oxygens (including phenoxy) is 1. The first-order valence-electron chi connectivity index (χ1n) is 8.80. The van der Waals surface area contributed by atoms with Crippen molar-refractivity contribution >= 4 is 0 Å². The molecule has 0 unspecified atom stereocenters. The van der Waals surface area contributed by atoms with Crippen molar-refractivity contribution in [2.24, 2.45) is 17.3 Å². The van der Waals surface area contributed by atoms with Crippen molar-refractivity contribution in [2.75, 3.05) is 19.8 Å². The van der Waals surface area contributed by atoms with E-state index in [2.05, 4.69) is 20.8 Å². The topological polar surface area (TPSA) is 29.5 Å². The van der Waals surface area contributed by atoms with E-state index in [0.29, 0.717) is 6.61 Å². The molecule has 20 heavy (non-hydrogen) atoms. The van der Waals surface area contributed by atoms with Gasteiger partial charge in [-0.05, 0) is 55.8 Å². The summed E-state index contributed by atoms with van der Waals surface area (Å²) in [5, 5.41) is 9.79. The molecule has 2 nitrogen and oxygen atoms in total. The predicted molar refractivity (Wildman–Crippen MR) is 85.9 cm³/mol. The SMILES string of the molecule is CCCCC1CCC(CO)(CCOCCC(C)C)CC1. The van der Waals surface area contributed by atoms with Crippen LogP contribution >= 0.6 is 0 Å². The fourth-order valence-electron chi connectivity index (χ4n) is 3.27. The fraction of sp³-hybridized carbons (Fsp3) is 1.00. The lowest BCUT2D eigenvalue weighted by atomic mass is 9.68. The zero-order valence-electron chi connectivity index (χ0n) is 14.0. The van der Waals surface area contributed by atoms with Crippen LogP contribution < -0.4 is 0 Å². The Bertz CT molecular complexity index is 230. The second-order valence-corrected chi connectivity index (χ2v) is 7.29. The largest absolute Gasteiger partial charge is 0.396 e. The Kier molecular flexibility index (Phi) is 8.79. The quantitative estimate of drug-likeness (QED) is 0.584. The summed E-state index contributed by atoms with van der Waals surface area (Å²) in [7, 11) is 0. The van der Waals surface area contributed by atoms with Crippen LogP contribution in [0.15, 0.2) is 0 Å². The average Bonchev–Trinajstić information content (AvgIpc) is 2.46. The summed E-state index contributed by atoms with van der Waals surface area (Å²) >= 11 is 0. The second kappa shape index (κ2) is 9.78. The van der Waals surface area contributed by atoms with Crippen molar-refractivity contribution in [3.8, 4) is 0 Å². The molecule has 1 saturated carbocycles. The Morgan fingerprint density at radius 2 is 1.90 bits per heavy atom. The van der Waals surface area contributed by atoms with E-state index >= 15 is 0 Å². The van der Waals surface area contributed by atoms with Crippen LogP contribution in [0.5, 0.6) is 0 Å². The number of aliphatic hydroxyl groups is 1. The van der Waals surface area contributed by atoms with Crippen molar-refractivity contribution in [3.05, 3.63) is 0 Å². The summed E-state index contributed by atoms with van der Waals surface area (Å²) in [6.45, 7) is 8.79. The molecule has 0 radical (unpaired) electrons. The van der Waals surface area contributed by atoms with Crippen molar-refractivity contribution in [3.63, 3.8) is 0 Å². The molecule has 0 bridgehead atoms. The molecule has 1 aliphatic rings. The highest BCUT2D eigenvalue weighted by Crippen LogP contribution is 2.42. The lowest BCUT2D eigenvalue weighted by Gasteiger charge is -2.39. The molecule has 0 atom stereocenters. The van der Waals surface area contributed by atoms with Gasteiger partial charge in [0, 0.05) is 19.8 Å². The molecule has 0 aromatic rings. The maximum absolute atomic E-state index is 9.79. The van der Waals surface area contributed by atoms with Crippen molar-refractivity contribution in [1.29, 1.82) is 0 Å². The lowest BCUT2D eigenvalue weighted by molar-refractivity contribution is 0.0179. The van der Waals surface area contributed by atoms with E-state index in [0.717, 1.165) is 37.9 Å². The first-order chi connectivity index (χ1) is 9.62. The van der Waals surface area contributed by atoms with Gasteiger partial charge in [-0.25, -0.2) is 0 Å². The molecule has 120 valence electrons. The molecule has 0 spiro atoms. The molecule has 0 saturated heterocycles. The minimum Gasteiger partial charge on any atom is -0.396 e. The summed E-state index contributed by atoms with van der Waals surface area (Å²) in [4.78, 5) is 0. The summed E-state index contributed by atoms with van der Waals surface area (Å²) in [6, 6.07) is 0. The van der Waals surface area contributed by atoms with Gasteiger partial charge >= 0.3 is 0 Å². The first kappa shape index (κ1) is 18.0. The number of unbranched alkanes of at least 4 members (excludes halogenated alkanes) is 1. The monoisotopic (exact) mass is 284 g/mol. The van der Waals surface area contributed by atoms with E-state index in [4.69, 9.17) is 4.74 Å². The van der Waals surface area contributed by atoms with E-state index < -0.39 is 0 Å². The molecular formula is C18H36O2. The van der Waals surface area contributed by atoms with Gasteiger partial charge in [0.15, 0.2) is 0 Å². The number of hydrogen-bond acceptors (Lipinski definition) is 2. The normalized spacial score (nSPS) is 27.1. The van der Waals surface area contributed by atoms with Crippen LogP contribution in [-0.2, 0) is 4.74 Å². The Hall–Kier alpha value is -0.0800. The van der Waals surface area contributed by atoms with E-state index in [1.807, 2.05) is 0 Å². The van der Waals surface area contributed by atoms with E-state index in [1.54, 1.807) is 0 Å². The highest BCUT2D eigenvalue weighted by atomic mass is 16.5. The van der Waals surface area contributed by atoms with Gasteiger partial charge in [-0.3, -0.25) is 0 Å². The molecule has 1 fully saturated rings. The highest BCUT2D eigenvalue weighted by molar-refractivity contribution is 4.85. The zero-order chi connectivity index (χ0) is 14.8. The van der Waals surface area contributed by atoms with Crippen LogP contribution in [-0.4, -0.2) is 24.9 Å². The lowest BCUT2D eigenvalue weighted by Crippen LogP contribution is -2.32. The Morgan fingerprint density at radius 3 is 2.45 bits per heavy atom. The summed E-state index contributed by atoms with van der Waals surface area (Å²) in [5.74, 6) is 1.63. The van der Waals surface area contributed by atoms with Gasteiger partial charge in [-0.2, -0.15) is 0 Å². The highest BCUT2D eigenvalue weighted by Gasteiger charge is 2.34. The third-order valence-electron chi connectivity index (χ3n) is 5.08. The molecule has 0 heterocycles. The fourth-order valence-corrected chi connectivity index (χ4v) is 3.27. The third-order valence-corrected chi connectivity index (χ3v) is 5.08. The minimum absolute atomic E-state index is 0.167. The van der Waals surface area contributed by atoms with Crippen LogP contribution in [0.4, 0.5) is 0 Å². The summed E-state index contributed by atoms with van der Waals surface area (Å²) < 4.78 is 5.75. The van der Waals surface area contributed by atoms with Gasteiger partial charge in [-0.1, -0.05) is 40.0 Å². The predicted octanol–water partition coefficient (Wildman–Crippen LogP) is 4.80. The zero-order valence-corrected chi connectivity index (χ0v) is 14.0. The van der Waals surface area contributed by atoms with Gasteiger partial charge in [0.25, 0.3) is 0 Å². The molecule has 0 aromatic carbocycles. The van der Waals surface area contributed by atoms with E-state index in [-0.39, 0.29) is 5.41 Å². The maximum Gasteiger partial charge on any atom is 0.0488 e. The average molecular weight is 284 g/mol. The molecule has 1 rings (SSSR count). The number of hydrogen-bond donors (Lipinski definition) is 1. The molecule has 0 amide bonds.